The molecule has 174 valence electrons. The van der Waals surface area contributed by atoms with E-state index in [1.807, 2.05) is 73.7 Å². The van der Waals surface area contributed by atoms with Gasteiger partial charge in [-0.25, -0.2) is 4.79 Å². The van der Waals surface area contributed by atoms with E-state index in [2.05, 4.69) is 0 Å². The number of thiophene rings is 1. The van der Waals surface area contributed by atoms with Gasteiger partial charge in [0, 0.05) is 32.2 Å². The van der Waals surface area contributed by atoms with Crippen LogP contribution in [0.15, 0.2) is 72.8 Å². The van der Waals surface area contributed by atoms with Gasteiger partial charge in [-0.1, -0.05) is 42.5 Å². The van der Waals surface area contributed by atoms with Crippen LogP contribution in [0.5, 0.6) is 5.75 Å². The van der Waals surface area contributed by atoms with Crippen molar-refractivity contribution in [2.75, 3.05) is 6.61 Å². The molecule has 0 aliphatic heterocycles. The normalized spacial score (nSPS) is 12.2. The van der Waals surface area contributed by atoms with Crippen LogP contribution in [0.25, 0.3) is 37.9 Å². The Kier molecular flexibility index (Phi) is 6.48. The van der Waals surface area contributed by atoms with E-state index in [1.54, 1.807) is 6.92 Å². The summed E-state index contributed by atoms with van der Waals surface area (Å²) >= 11 is 1.43. The molecule has 0 unspecified atom stereocenters. The molecule has 0 amide bonds. The molecular weight excluding hydrogens is 461 g/mol. The molecule has 4 aromatic rings. The van der Waals surface area contributed by atoms with Gasteiger partial charge in [0.2, 0.25) is 0 Å². The molecule has 0 fully saturated rings. The fourth-order valence-corrected chi connectivity index (χ4v) is 4.92. The minimum Gasteiger partial charge on any atom is -0.483 e. The first-order valence-corrected chi connectivity index (χ1v) is 11.3. The van der Waals surface area contributed by atoms with Crippen molar-refractivity contribution in [2.24, 2.45) is 0 Å². The zero-order valence-corrected chi connectivity index (χ0v) is 19.3. The van der Waals surface area contributed by atoms with Crippen molar-refractivity contribution < 1.29 is 27.8 Å². The number of halogens is 3. The summed E-state index contributed by atoms with van der Waals surface area (Å²) in [6.45, 7) is 2.20. The fraction of sp³-hybridized carbons (Fsp3) is 0.148. The average Bonchev–Trinajstić information content (AvgIpc) is 3.22. The minimum absolute atomic E-state index is 0.159. The molecule has 3 nitrogen and oxygen atoms in total. The molecule has 1 heterocycles. The van der Waals surface area contributed by atoms with Gasteiger partial charge in [-0.05, 0) is 60.4 Å². The van der Waals surface area contributed by atoms with Gasteiger partial charge < -0.3 is 9.84 Å². The van der Waals surface area contributed by atoms with Crippen LogP contribution < -0.4 is 4.74 Å². The number of fused-ring (bicyclic) bond motifs is 1. The van der Waals surface area contributed by atoms with Crippen molar-refractivity contribution in [1.82, 2.24) is 0 Å². The Morgan fingerprint density at radius 1 is 1.00 bits per heavy atom. The van der Waals surface area contributed by atoms with E-state index in [4.69, 9.17) is 9.84 Å². The van der Waals surface area contributed by atoms with Gasteiger partial charge in [-0.2, -0.15) is 13.2 Å². The molecule has 3 aromatic carbocycles. The number of aliphatic carboxylic acids is 1. The lowest BCUT2D eigenvalue weighted by Gasteiger charge is -2.19. The molecule has 4 rings (SSSR count). The van der Waals surface area contributed by atoms with E-state index < -0.39 is 18.8 Å². The summed E-state index contributed by atoms with van der Waals surface area (Å²) in [4.78, 5) is 11.9. The highest BCUT2D eigenvalue weighted by atomic mass is 32.1. The number of carboxylic acids is 1. The molecule has 34 heavy (non-hydrogen) atoms. The van der Waals surface area contributed by atoms with Crippen molar-refractivity contribution in [3.63, 3.8) is 0 Å². The molecule has 0 saturated carbocycles. The Balaban J connectivity index is 1.96. The number of rotatable bonds is 6. The van der Waals surface area contributed by atoms with Gasteiger partial charge in [0.1, 0.15) is 5.75 Å². The SMILES string of the molecule is C/C(=C/C(=O)O)c1cc2c(-c3cc(C)cc(-c4ccccc4)c3OCC(F)(F)F)cccc2s1. The van der Waals surface area contributed by atoms with Gasteiger partial charge in [0.25, 0.3) is 0 Å². The predicted octanol–water partition coefficient (Wildman–Crippen LogP) is 7.97. The van der Waals surface area contributed by atoms with Crippen LogP contribution in [-0.4, -0.2) is 23.9 Å². The van der Waals surface area contributed by atoms with Crippen LogP contribution in [0.4, 0.5) is 13.2 Å². The van der Waals surface area contributed by atoms with Crippen LogP contribution in [0, 0.1) is 6.92 Å². The number of hydrogen-bond acceptors (Lipinski definition) is 3. The maximum atomic E-state index is 13.2. The predicted molar refractivity (Wildman–Crippen MR) is 130 cm³/mol. The number of allylic oxidation sites excluding steroid dienone is 1. The molecular formula is C27H21F3O3S. The fourth-order valence-electron chi connectivity index (χ4n) is 3.86. The minimum atomic E-state index is -4.49. The van der Waals surface area contributed by atoms with Crippen molar-refractivity contribution >= 4 is 33.0 Å². The molecule has 0 spiro atoms. The van der Waals surface area contributed by atoms with E-state index in [-0.39, 0.29) is 5.75 Å². The number of carboxylic acid groups (broad SMARTS) is 1. The highest BCUT2D eigenvalue weighted by Gasteiger charge is 2.30. The Hall–Kier alpha value is -3.58. The molecule has 1 N–H and O–H groups in total. The topological polar surface area (TPSA) is 46.5 Å². The standard InChI is InChI=1S/C27H21F3O3S/c1-16-11-20(18-7-4-3-5-8-18)26(33-15-27(28,29)30)22(12-16)19-9-6-10-23-21(19)14-24(34-23)17(2)13-25(31)32/h3-14H,15H2,1-2H3,(H,31,32)/b17-13-. The molecule has 0 aliphatic carbocycles. The van der Waals surface area contributed by atoms with Gasteiger partial charge in [0.05, 0.1) is 0 Å². The van der Waals surface area contributed by atoms with Crippen LogP contribution >= 0.6 is 11.3 Å². The highest BCUT2D eigenvalue weighted by molar-refractivity contribution is 7.20. The third kappa shape index (κ3) is 5.15. The van der Waals surface area contributed by atoms with Gasteiger partial charge in [0.15, 0.2) is 6.61 Å². The molecule has 0 atom stereocenters. The summed E-state index contributed by atoms with van der Waals surface area (Å²) in [6, 6.07) is 20.3. The maximum Gasteiger partial charge on any atom is 0.422 e. The number of carbonyl (C=O) groups is 1. The number of hydrogen-bond donors (Lipinski definition) is 1. The summed E-state index contributed by atoms with van der Waals surface area (Å²) in [5.74, 6) is -0.878. The molecule has 0 saturated heterocycles. The second-order valence-corrected chi connectivity index (χ2v) is 9.04. The van der Waals surface area contributed by atoms with Crippen molar-refractivity contribution in [3.05, 3.63) is 83.2 Å². The van der Waals surface area contributed by atoms with Crippen LogP contribution in [0.1, 0.15) is 17.4 Å². The summed E-state index contributed by atoms with van der Waals surface area (Å²) in [5.41, 5.74) is 4.08. The number of aryl methyl sites for hydroxylation is 1. The van der Waals surface area contributed by atoms with Crippen molar-refractivity contribution in [2.45, 2.75) is 20.0 Å². The highest BCUT2D eigenvalue weighted by Crippen LogP contribution is 2.45. The molecule has 7 heteroatoms. The second kappa shape index (κ2) is 9.35. The first kappa shape index (κ1) is 23.6. The third-order valence-corrected chi connectivity index (χ3v) is 6.51. The van der Waals surface area contributed by atoms with E-state index in [9.17, 15) is 18.0 Å². The van der Waals surface area contributed by atoms with Gasteiger partial charge >= 0.3 is 12.1 Å². The van der Waals surface area contributed by atoms with Crippen LogP contribution in [0.2, 0.25) is 0 Å². The Labute approximate surface area is 198 Å². The van der Waals surface area contributed by atoms with E-state index >= 15 is 0 Å². The molecule has 0 radical (unpaired) electrons. The van der Waals surface area contributed by atoms with Crippen LogP contribution in [0.3, 0.4) is 0 Å². The Morgan fingerprint density at radius 3 is 2.38 bits per heavy atom. The van der Waals surface area contributed by atoms with Crippen molar-refractivity contribution in [1.29, 1.82) is 0 Å². The van der Waals surface area contributed by atoms with Gasteiger partial charge in [-0.15, -0.1) is 11.3 Å². The zero-order chi connectivity index (χ0) is 24.5. The average molecular weight is 483 g/mol. The lowest BCUT2D eigenvalue weighted by Crippen LogP contribution is -2.20. The van der Waals surface area contributed by atoms with Crippen LogP contribution in [-0.2, 0) is 4.79 Å². The molecule has 0 aliphatic rings. The lowest BCUT2D eigenvalue weighted by molar-refractivity contribution is -0.153. The Bertz CT molecular complexity index is 1390. The van der Waals surface area contributed by atoms with E-state index in [0.29, 0.717) is 16.7 Å². The van der Waals surface area contributed by atoms with E-state index in [0.717, 1.165) is 37.7 Å². The monoisotopic (exact) mass is 482 g/mol. The summed E-state index contributed by atoms with van der Waals surface area (Å²) in [5, 5.41) is 9.92. The number of alkyl halides is 3. The molecule has 0 bridgehead atoms. The first-order valence-electron chi connectivity index (χ1n) is 10.5. The number of ether oxygens (including phenoxy) is 1. The molecule has 1 aromatic heterocycles. The third-order valence-electron chi connectivity index (χ3n) is 5.28. The van der Waals surface area contributed by atoms with E-state index in [1.165, 1.54) is 11.3 Å². The maximum absolute atomic E-state index is 13.2. The zero-order valence-electron chi connectivity index (χ0n) is 18.4. The first-order chi connectivity index (χ1) is 16.1. The lowest BCUT2D eigenvalue weighted by atomic mass is 9.93. The quantitative estimate of drug-likeness (QED) is 0.284. The second-order valence-electron chi connectivity index (χ2n) is 7.95. The van der Waals surface area contributed by atoms with Crippen molar-refractivity contribution in [3.8, 4) is 28.0 Å². The smallest absolute Gasteiger partial charge is 0.422 e. The number of benzene rings is 3. The Morgan fingerprint density at radius 2 is 1.71 bits per heavy atom. The largest absolute Gasteiger partial charge is 0.483 e. The van der Waals surface area contributed by atoms with Gasteiger partial charge in [-0.3, -0.25) is 0 Å². The summed E-state index contributed by atoms with van der Waals surface area (Å²) < 4.78 is 45.8. The summed E-state index contributed by atoms with van der Waals surface area (Å²) in [7, 11) is 0. The summed E-state index contributed by atoms with van der Waals surface area (Å²) in [6.07, 6.45) is -3.35.